The molecule has 6 heteroatoms. The molecule has 0 N–H and O–H groups in total. The summed E-state index contributed by atoms with van der Waals surface area (Å²) in [6.45, 7) is 3.30. The van der Waals surface area contributed by atoms with Crippen LogP contribution in [0.3, 0.4) is 0 Å². The molecule has 0 aromatic heterocycles. The van der Waals surface area contributed by atoms with Crippen molar-refractivity contribution < 1.29 is 9.47 Å². The van der Waals surface area contributed by atoms with E-state index >= 15 is 0 Å². The molecular weight excluding hydrogens is 280 g/mol. The van der Waals surface area contributed by atoms with E-state index in [2.05, 4.69) is 9.98 Å². The lowest BCUT2D eigenvalue weighted by Gasteiger charge is -2.12. The Bertz CT molecular complexity index is 322. The maximum atomic E-state index is 5.69. The fourth-order valence-electron chi connectivity index (χ4n) is 1.88. The lowest BCUT2D eigenvalue weighted by molar-refractivity contribution is 0.295. The minimum Gasteiger partial charge on any atom is -0.472 e. The van der Waals surface area contributed by atoms with Gasteiger partial charge in [0.15, 0.2) is 0 Å². The van der Waals surface area contributed by atoms with Crippen molar-refractivity contribution in [1.29, 1.82) is 0 Å². The monoisotopic (exact) mass is 302 g/mol. The van der Waals surface area contributed by atoms with Crippen LogP contribution >= 0.6 is 21.6 Å². The van der Waals surface area contributed by atoms with Gasteiger partial charge in [0.05, 0.1) is 13.2 Å². The van der Waals surface area contributed by atoms with Crippen molar-refractivity contribution in [3.63, 3.8) is 0 Å². The third-order valence-corrected chi connectivity index (χ3v) is 4.94. The van der Waals surface area contributed by atoms with Crippen LogP contribution in [0.2, 0.25) is 0 Å². The smallest absolute Gasteiger partial charge is 0.257 e. The van der Waals surface area contributed by atoms with Crippen molar-refractivity contribution in [2.75, 3.05) is 26.3 Å². The molecule has 19 heavy (non-hydrogen) atoms. The molecule has 0 saturated carbocycles. The molecule has 2 rings (SSSR count). The SMILES string of the molecule is C1CCCOC(SSC2=NCCCCCO2)=NCC1. The van der Waals surface area contributed by atoms with Gasteiger partial charge in [-0.2, -0.15) is 0 Å². The van der Waals surface area contributed by atoms with Crippen molar-refractivity contribution in [1.82, 2.24) is 0 Å². The van der Waals surface area contributed by atoms with Crippen molar-refractivity contribution in [3.8, 4) is 0 Å². The topological polar surface area (TPSA) is 43.2 Å². The minimum absolute atomic E-state index is 0.774. The summed E-state index contributed by atoms with van der Waals surface area (Å²) < 4.78 is 11.3. The zero-order valence-electron chi connectivity index (χ0n) is 11.3. The highest BCUT2D eigenvalue weighted by atomic mass is 33.1. The van der Waals surface area contributed by atoms with E-state index in [1.54, 1.807) is 10.8 Å². The molecule has 0 spiro atoms. The van der Waals surface area contributed by atoms with Gasteiger partial charge in [-0.25, -0.2) is 9.98 Å². The molecule has 108 valence electrons. The van der Waals surface area contributed by atoms with Crippen LogP contribution < -0.4 is 0 Å². The predicted octanol–water partition coefficient (Wildman–Crippen LogP) is 3.87. The number of aliphatic imine (C=N–C) groups is 2. The van der Waals surface area contributed by atoms with Crippen LogP contribution in [0, 0.1) is 0 Å². The molecule has 0 unspecified atom stereocenters. The van der Waals surface area contributed by atoms with E-state index in [0.717, 1.165) is 62.4 Å². The lowest BCUT2D eigenvalue weighted by Crippen LogP contribution is -2.07. The normalized spacial score (nSPS) is 22.3. The molecule has 0 saturated heterocycles. The molecule has 0 aliphatic carbocycles. The Morgan fingerprint density at radius 2 is 1.11 bits per heavy atom. The Hall–Kier alpha value is -0.360. The first kappa shape index (κ1) is 15.0. The maximum Gasteiger partial charge on any atom is 0.257 e. The number of rotatable bonds is 0. The molecular formula is C13H22N2O2S2. The van der Waals surface area contributed by atoms with Crippen molar-refractivity contribution in [3.05, 3.63) is 0 Å². The van der Waals surface area contributed by atoms with Crippen LogP contribution in [0.4, 0.5) is 0 Å². The Morgan fingerprint density at radius 3 is 1.68 bits per heavy atom. The van der Waals surface area contributed by atoms with Gasteiger partial charge in [0.1, 0.15) is 0 Å². The summed E-state index contributed by atoms with van der Waals surface area (Å²) in [7, 11) is 3.08. The van der Waals surface area contributed by atoms with Gasteiger partial charge in [-0.05, 0) is 38.5 Å². The molecule has 4 nitrogen and oxygen atoms in total. The number of hydrogen-bond acceptors (Lipinski definition) is 6. The molecule has 2 aliphatic heterocycles. The van der Waals surface area contributed by atoms with Crippen molar-refractivity contribution in [2.45, 2.75) is 44.9 Å². The quantitative estimate of drug-likeness (QED) is 0.637. The maximum absolute atomic E-state index is 5.69. The zero-order chi connectivity index (χ0) is 13.2. The summed E-state index contributed by atoms with van der Waals surface area (Å²) in [5, 5.41) is 1.55. The van der Waals surface area contributed by atoms with Crippen LogP contribution in [0.15, 0.2) is 9.98 Å². The molecule has 2 aliphatic rings. The van der Waals surface area contributed by atoms with Crippen LogP contribution in [0.5, 0.6) is 0 Å². The van der Waals surface area contributed by atoms with Crippen LogP contribution in [-0.4, -0.2) is 36.8 Å². The summed E-state index contributed by atoms with van der Waals surface area (Å²) in [5.74, 6) is 0. The number of nitrogens with zero attached hydrogens (tertiary/aromatic N) is 2. The van der Waals surface area contributed by atoms with Gasteiger partial charge in [0, 0.05) is 34.7 Å². The average Bonchev–Trinajstić information content (AvgIpc) is 2.51. The van der Waals surface area contributed by atoms with E-state index < -0.39 is 0 Å². The van der Waals surface area contributed by atoms with Gasteiger partial charge in [-0.1, -0.05) is 6.42 Å². The van der Waals surface area contributed by atoms with Gasteiger partial charge < -0.3 is 9.47 Å². The van der Waals surface area contributed by atoms with E-state index in [0.29, 0.717) is 0 Å². The molecule has 0 amide bonds. The highest BCUT2D eigenvalue weighted by Crippen LogP contribution is 2.27. The minimum atomic E-state index is 0.774. The number of ether oxygens (including phenoxy) is 2. The Kier molecular flexibility index (Phi) is 7.54. The summed E-state index contributed by atoms with van der Waals surface area (Å²) in [4.78, 5) is 8.95. The van der Waals surface area contributed by atoms with Crippen LogP contribution in [0.1, 0.15) is 44.9 Å². The molecule has 0 aromatic carbocycles. The van der Waals surface area contributed by atoms with Gasteiger partial charge in [-0.3, -0.25) is 0 Å². The molecule has 0 atom stereocenters. The largest absolute Gasteiger partial charge is 0.472 e. The Labute approximate surface area is 123 Å². The highest BCUT2D eigenvalue weighted by Gasteiger charge is 2.11. The summed E-state index contributed by atoms with van der Waals surface area (Å²) in [6.07, 6.45) is 8.29. The first-order chi connectivity index (χ1) is 9.45. The molecule has 0 bridgehead atoms. The zero-order valence-corrected chi connectivity index (χ0v) is 12.9. The van der Waals surface area contributed by atoms with Gasteiger partial charge in [-0.15, -0.1) is 0 Å². The summed E-state index contributed by atoms with van der Waals surface area (Å²) in [6, 6.07) is 0. The van der Waals surface area contributed by atoms with Gasteiger partial charge in [0.25, 0.3) is 10.5 Å². The summed E-state index contributed by atoms with van der Waals surface area (Å²) in [5.41, 5.74) is 0. The first-order valence-corrected chi connectivity index (χ1v) is 9.29. The van der Waals surface area contributed by atoms with E-state index in [4.69, 9.17) is 9.47 Å². The number of hydrogen-bond donors (Lipinski definition) is 0. The Balaban J connectivity index is 1.78. The molecule has 2 heterocycles. The molecule has 0 aromatic rings. The predicted molar refractivity (Wildman–Crippen MR) is 84.0 cm³/mol. The van der Waals surface area contributed by atoms with E-state index in [1.807, 2.05) is 0 Å². The van der Waals surface area contributed by atoms with Gasteiger partial charge in [0.2, 0.25) is 0 Å². The average molecular weight is 302 g/mol. The van der Waals surface area contributed by atoms with Crippen molar-refractivity contribution in [2.24, 2.45) is 9.98 Å². The standard InChI is InChI=1S/C13H22N2O2S2/c1-2-6-10-16-12(14-8-4-1)18-19-13-15-9-5-3-7-11-17-13/h1-11H2. The lowest BCUT2D eigenvalue weighted by atomic mass is 10.2. The summed E-state index contributed by atoms with van der Waals surface area (Å²) >= 11 is 0. The Morgan fingerprint density at radius 1 is 0.632 bits per heavy atom. The van der Waals surface area contributed by atoms with E-state index in [1.165, 1.54) is 30.1 Å². The second-order valence-corrected chi connectivity index (χ2v) is 6.67. The highest BCUT2D eigenvalue weighted by molar-refractivity contribution is 8.87. The second-order valence-electron chi connectivity index (χ2n) is 4.63. The molecule has 0 radical (unpaired) electrons. The van der Waals surface area contributed by atoms with Gasteiger partial charge >= 0.3 is 0 Å². The fourth-order valence-corrected chi connectivity index (χ4v) is 3.61. The first-order valence-electron chi connectivity index (χ1n) is 7.14. The van der Waals surface area contributed by atoms with Crippen LogP contribution in [-0.2, 0) is 9.47 Å². The third-order valence-electron chi connectivity index (χ3n) is 2.97. The fraction of sp³-hybridized carbons (Fsp3) is 0.846. The third kappa shape index (κ3) is 6.56. The van der Waals surface area contributed by atoms with Crippen molar-refractivity contribution >= 4 is 32.0 Å². The van der Waals surface area contributed by atoms with Crippen LogP contribution in [0.25, 0.3) is 0 Å². The molecule has 0 fully saturated rings. The van der Waals surface area contributed by atoms with E-state index in [-0.39, 0.29) is 0 Å². The second kappa shape index (κ2) is 9.53. The van der Waals surface area contributed by atoms with E-state index in [9.17, 15) is 0 Å².